The quantitative estimate of drug-likeness (QED) is 0.478. The highest BCUT2D eigenvalue weighted by atomic mass is 28.4. The van der Waals surface area contributed by atoms with E-state index in [0.717, 1.165) is 0 Å². The lowest BCUT2D eigenvalue weighted by Crippen LogP contribution is -2.57. The molecule has 0 saturated heterocycles. The Hall–Kier alpha value is -1.59. The minimum Gasteiger partial charge on any atom is -0.408 e. The van der Waals surface area contributed by atoms with Gasteiger partial charge in [0.2, 0.25) is 0 Å². The van der Waals surface area contributed by atoms with E-state index in [-0.39, 0.29) is 0 Å². The van der Waals surface area contributed by atoms with E-state index in [1.54, 1.807) is 0 Å². The maximum Gasteiger partial charge on any atom is 0.361 e. The van der Waals surface area contributed by atoms with Crippen molar-refractivity contribution in [2.45, 2.75) is 33.9 Å². The van der Waals surface area contributed by atoms with Gasteiger partial charge in [0.05, 0.1) is 0 Å². The summed E-state index contributed by atoms with van der Waals surface area (Å²) >= 11 is 0. The zero-order chi connectivity index (χ0) is 22.8. The van der Waals surface area contributed by atoms with E-state index in [4.69, 9.17) is 13.3 Å². The summed E-state index contributed by atoms with van der Waals surface area (Å²) in [5.74, 6) is 0. The Bertz CT molecular complexity index is 793. The molecule has 0 aliphatic heterocycles. The first-order valence-corrected chi connectivity index (χ1v) is 17.9. The lowest BCUT2D eigenvalue weighted by atomic mass is 10.4. The Morgan fingerprint density at radius 3 is 1.48 bits per heavy atom. The molecule has 0 saturated carbocycles. The second kappa shape index (κ2) is 11.9. The first kappa shape index (κ1) is 25.7. The van der Waals surface area contributed by atoms with Crippen LogP contribution in [0.5, 0.6) is 0 Å². The molecule has 1 unspecified atom stereocenters. The second-order valence-electron chi connectivity index (χ2n) is 7.64. The maximum absolute atomic E-state index is 10.9. The minimum absolute atomic E-state index is 0.490. The Kier molecular flexibility index (Phi) is 9.83. The van der Waals surface area contributed by atoms with Crippen molar-refractivity contribution < 1.29 is 18.1 Å². The van der Waals surface area contributed by atoms with Crippen LogP contribution >= 0.6 is 0 Å². The molecule has 0 bridgehead atoms. The molecule has 0 aromatic heterocycles. The smallest absolute Gasteiger partial charge is 0.361 e. The van der Waals surface area contributed by atoms with Crippen LogP contribution in [0.25, 0.3) is 0 Å². The van der Waals surface area contributed by atoms with Crippen molar-refractivity contribution in [1.82, 2.24) is 0 Å². The summed E-state index contributed by atoms with van der Waals surface area (Å²) in [5.41, 5.74) is 8.62. The van der Waals surface area contributed by atoms with Gasteiger partial charge in [0.1, 0.15) is 0 Å². The van der Waals surface area contributed by atoms with E-state index < -0.39 is 25.2 Å². The van der Waals surface area contributed by atoms with Crippen LogP contribution in [0, 0.1) is 0 Å². The minimum atomic E-state index is -2.92. The van der Waals surface area contributed by atoms with Gasteiger partial charge in [-0.25, -0.2) is 0 Å². The summed E-state index contributed by atoms with van der Waals surface area (Å²) in [7, 11) is -7.94. The average Bonchev–Trinajstić information content (AvgIpc) is 2.76. The molecule has 0 radical (unpaired) electrons. The summed E-state index contributed by atoms with van der Waals surface area (Å²) in [5, 5.41) is 2.47. The lowest BCUT2D eigenvalue weighted by Gasteiger charge is -2.30. The molecule has 0 amide bonds. The van der Waals surface area contributed by atoms with E-state index in [1.807, 2.05) is 45.2 Å². The van der Waals surface area contributed by atoms with Crippen LogP contribution < -0.4 is 10.4 Å². The van der Waals surface area contributed by atoms with Crippen LogP contribution in [-0.4, -0.2) is 49.8 Å². The fraction of sp³-hybridized carbons (Fsp3) is 0.333. The highest BCUT2D eigenvalue weighted by Crippen LogP contribution is 2.17. The van der Waals surface area contributed by atoms with Crippen molar-refractivity contribution in [1.29, 1.82) is 0 Å². The van der Waals surface area contributed by atoms with Crippen LogP contribution in [0.3, 0.4) is 0 Å². The predicted octanol–water partition coefficient (Wildman–Crippen LogP) is 3.76. The van der Waals surface area contributed by atoms with E-state index in [0.29, 0.717) is 19.8 Å². The van der Waals surface area contributed by atoms with E-state index in [1.165, 1.54) is 10.4 Å². The molecular weight excluding hydrogens is 437 g/mol. The van der Waals surface area contributed by atoms with E-state index in [2.05, 4.69) is 72.2 Å². The zero-order valence-electron chi connectivity index (χ0n) is 19.4. The highest BCUT2D eigenvalue weighted by Gasteiger charge is 2.37. The molecule has 0 aliphatic carbocycles. The molecule has 2 rings (SSSR count). The summed E-state index contributed by atoms with van der Waals surface area (Å²) in [6, 6.07) is 21.0. The Morgan fingerprint density at radius 1 is 0.645 bits per heavy atom. The molecule has 0 fully saturated rings. The molecule has 2 aromatic carbocycles. The Balaban J connectivity index is 2.71. The van der Waals surface area contributed by atoms with Crippen LogP contribution in [0.2, 0.25) is 13.1 Å². The third-order valence-electron chi connectivity index (χ3n) is 5.11. The fourth-order valence-electron chi connectivity index (χ4n) is 3.66. The van der Waals surface area contributed by atoms with Gasteiger partial charge in [-0.15, -0.1) is 0 Å². The first-order chi connectivity index (χ1) is 14.8. The Labute approximate surface area is 190 Å². The third kappa shape index (κ3) is 7.21. The van der Waals surface area contributed by atoms with Gasteiger partial charge in [-0.05, 0) is 55.6 Å². The average molecular weight is 473 g/mol. The van der Waals surface area contributed by atoms with Gasteiger partial charge in [0, 0.05) is 19.8 Å². The largest absolute Gasteiger partial charge is 0.408 e. The topological polar surface area (TPSA) is 47.9 Å². The zero-order valence-corrected chi connectivity index (χ0v) is 22.4. The normalized spacial score (nSPS) is 14.9. The molecule has 4 nitrogen and oxygen atoms in total. The van der Waals surface area contributed by atoms with Crippen molar-refractivity contribution in [2.75, 3.05) is 19.8 Å². The van der Waals surface area contributed by atoms with Crippen molar-refractivity contribution >= 4 is 35.6 Å². The monoisotopic (exact) mass is 472 g/mol. The molecule has 1 atom stereocenters. The van der Waals surface area contributed by atoms with Gasteiger partial charge >= 0.3 is 17.1 Å². The Morgan fingerprint density at radius 2 is 1.06 bits per heavy atom. The SMILES string of the molecule is CCO[Si](C)(O)C=C[Si](C=C[Si](C)(OCC)OCC)(c1ccccc1)c1ccccc1. The molecule has 31 heavy (non-hydrogen) atoms. The maximum atomic E-state index is 10.9. The van der Waals surface area contributed by atoms with Gasteiger partial charge in [0.25, 0.3) is 0 Å². The lowest BCUT2D eigenvalue weighted by molar-refractivity contribution is 0.201. The van der Waals surface area contributed by atoms with Gasteiger partial charge in [-0.2, -0.15) is 0 Å². The van der Waals surface area contributed by atoms with Crippen LogP contribution in [0.1, 0.15) is 20.8 Å². The molecule has 7 heteroatoms. The standard InChI is InChI=1S/C24H36O4Si3/c1-6-26-29(4,25)19-21-31(23-15-11-9-12-16-23,24-17-13-10-14-18-24)22-20-30(5,27-7-2)28-8-3/h9-22,25H,6-8H2,1-5H3. The third-order valence-corrected chi connectivity index (χ3v) is 13.9. The molecule has 0 aliphatic rings. The second-order valence-corrected chi connectivity index (χ2v) is 16.9. The van der Waals surface area contributed by atoms with Crippen molar-refractivity contribution in [3.8, 4) is 0 Å². The number of rotatable bonds is 12. The fourth-order valence-corrected chi connectivity index (χ4v) is 13.0. The first-order valence-electron chi connectivity index (χ1n) is 11.0. The molecule has 2 aromatic rings. The van der Waals surface area contributed by atoms with Crippen molar-refractivity contribution in [3.05, 3.63) is 83.5 Å². The van der Waals surface area contributed by atoms with Gasteiger partial charge < -0.3 is 18.1 Å². The number of benzene rings is 2. The summed E-state index contributed by atoms with van der Waals surface area (Å²) in [4.78, 5) is 10.9. The highest BCUT2D eigenvalue weighted by molar-refractivity contribution is 7.10. The summed E-state index contributed by atoms with van der Waals surface area (Å²) in [6.45, 7) is 11.5. The van der Waals surface area contributed by atoms with Crippen LogP contribution in [0.15, 0.2) is 83.5 Å². The summed E-state index contributed by atoms with van der Waals surface area (Å²) < 4.78 is 17.9. The van der Waals surface area contributed by atoms with Crippen molar-refractivity contribution in [2.24, 2.45) is 0 Å². The van der Waals surface area contributed by atoms with Gasteiger partial charge in [-0.3, -0.25) is 0 Å². The van der Waals surface area contributed by atoms with E-state index in [9.17, 15) is 4.80 Å². The molecular formula is C24H36O4Si3. The molecule has 1 N–H and O–H groups in total. The molecule has 0 spiro atoms. The predicted molar refractivity (Wildman–Crippen MR) is 137 cm³/mol. The van der Waals surface area contributed by atoms with E-state index >= 15 is 0 Å². The van der Waals surface area contributed by atoms with Gasteiger partial charge in [-0.1, -0.05) is 72.1 Å². The van der Waals surface area contributed by atoms with Crippen LogP contribution in [-0.2, 0) is 13.3 Å². The van der Waals surface area contributed by atoms with Crippen LogP contribution in [0.4, 0.5) is 0 Å². The number of hydrogen-bond acceptors (Lipinski definition) is 4. The summed E-state index contributed by atoms with van der Waals surface area (Å²) in [6.07, 6.45) is 0. The number of hydrogen-bond donors (Lipinski definition) is 1. The van der Waals surface area contributed by atoms with Gasteiger partial charge in [0.15, 0.2) is 8.07 Å². The molecule has 168 valence electrons. The van der Waals surface area contributed by atoms with Crippen molar-refractivity contribution in [3.63, 3.8) is 0 Å². The molecule has 0 heterocycles.